The summed E-state index contributed by atoms with van der Waals surface area (Å²) in [5.41, 5.74) is 0.918. The van der Waals surface area contributed by atoms with E-state index < -0.39 is 0 Å². The normalized spacial score (nSPS) is 21.2. The molecule has 0 radical (unpaired) electrons. The van der Waals surface area contributed by atoms with Gasteiger partial charge < -0.3 is 9.64 Å². The molecule has 0 spiro atoms. The van der Waals surface area contributed by atoms with E-state index in [2.05, 4.69) is 18.7 Å². The highest BCUT2D eigenvalue weighted by Gasteiger charge is 2.31. The molecule has 2 heterocycles. The Hall–Kier alpha value is -1.46. The van der Waals surface area contributed by atoms with Crippen LogP contribution in [0.5, 0.6) is 0 Å². The molecule has 1 amide bonds. The number of benzene rings is 1. The van der Waals surface area contributed by atoms with Crippen LogP contribution in [0, 0.1) is 17.7 Å². The fourth-order valence-corrected chi connectivity index (χ4v) is 4.16. The van der Waals surface area contributed by atoms with Crippen LogP contribution >= 0.6 is 0 Å². The first-order chi connectivity index (χ1) is 12.5. The van der Waals surface area contributed by atoms with Crippen molar-refractivity contribution in [2.45, 2.75) is 32.6 Å². The number of rotatable bonds is 5. The minimum Gasteiger partial charge on any atom is -0.379 e. The van der Waals surface area contributed by atoms with Crippen LogP contribution in [0.15, 0.2) is 24.3 Å². The van der Waals surface area contributed by atoms with Gasteiger partial charge in [-0.25, -0.2) is 4.39 Å². The van der Waals surface area contributed by atoms with Gasteiger partial charge in [0.05, 0.1) is 19.1 Å². The highest BCUT2D eigenvalue weighted by atomic mass is 19.1. The van der Waals surface area contributed by atoms with Crippen molar-refractivity contribution < 1.29 is 13.9 Å². The number of carbonyl (C=O) groups is 1. The number of halogens is 1. The third-order valence-electron chi connectivity index (χ3n) is 5.71. The number of hydrogen-bond acceptors (Lipinski definition) is 3. The number of nitrogens with zero attached hydrogens (tertiary/aromatic N) is 2. The Morgan fingerprint density at radius 3 is 2.31 bits per heavy atom. The summed E-state index contributed by atoms with van der Waals surface area (Å²) >= 11 is 0. The first-order valence-electron chi connectivity index (χ1n) is 9.89. The molecule has 2 aliphatic heterocycles. The second-order valence-corrected chi connectivity index (χ2v) is 7.95. The van der Waals surface area contributed by atoms with E-state index in [9.17, 15) is 9.18 Å². The molecule has 0 aliphatic carbocycles. The van der Waals surface area contributed by atoms with Crippen molar-refractivity contribution in [3.8, 4) is 0 Å². The summed E-state index contributed by atoms with van der Waals surface area (Å²) in [6.45, 7) is 10.6. The van der Waals surface area contributed by atoms with Crippen LogP contribution < -0.4 is 0 Å². The van der Waals surface area contributed by atoms with Crippen LogP contribution in [0.2, 0.25) is 0 Å². The lowest BCUT2D eigenvalue weighted by Gasteiger charge is -2.38. The predicted molar refractivity (Wildman–Crippen MR) is 101 cm³/mol. The van der Waals surface area contributed by atoms with Gasteiger partial charge in [0, 0.05) is 32.7 Å². The summed E-state index contributed by atoms with van der Waals surface area (Å²) in [7, 11) is 0. The van der Waals surface area contributed by atoms with Gasteiger partial charge in [-0.15, -0.1) is 0 Å². The largest absolute Gasteiger partial charge is 0.379 e. The van der Waals surface area contributed by atoms with Crippen molar-refractivity contribution in [2.24, 2.45) is 11.8 Å². The summed E-state index contributed by atoms with van der Waals surface area (Å²) < 4.78 is 18.7. The van der Waals surface area contributed by atoms with Crippen molar-refractivity contribution in [3.63, 3.8) is 0 Å². The lowest BCUT2D eigenvalue weighted by molar-refractivity contribution is -0.135. The first kappa shape index (κ1) is 19.3. The van der Waals surface area contributed by atoms with Crippen molar-refractivity contribution in [1.82, 2.24) is 9.80 Å². The molecule has 4 nitrogen and oxygen atoms in total. The highest BCUT2D eigenvalue weighted by Crippen LogP contribution is 2.29. The van der Waals surface area contributed by atoms with Crippen LogP contribution in [0.4, 0.5) is 4.39 Å². The van der Waals surface area contributed by atoms with E-state index in [4.69, 9.17) is 4.74 Å². The van der Waals surface area contributed by atoms with E-state index in [1.807, 2.05) is 4.90 Å². The molecule has 2 aliphatic rings. The van der Waals surface area contributed by atoms with Crippen LogP contribution in [0.1, 0.15) is 38.2 Å². The monoisotopic (exact) mass is 362 g/mol. The summed E-state index contributed by atoms with van der Waals surface area (Å²) in [4.78, 5) is 17.6. The molecule has 0 N–H and O–H groups in total. The molecule has 0 aromatic heterocycles. The molecule has 1 atom stereocenters. The van der Waals surface area contributed by atoms with E-state index in [-0.39, 0.29) is 23.6 Å². The fourth-order valence-electron chi connectivity index (χ4n) is 4.16. The number of likely N-dealkylation sites (tertiary alicyclic amines) is 1. The quantitative estimate of drug-likeness (QED) is 0.807. The average molecular weight is 362 g/mol. The molecule has 1 aromatic rings. The van der Waals surface area contributed by atoms with E-state index in [1.165, 1.54) is 12.1 Å². The smallest absolute Gasteiger partial charge is 0.230 e. The van der Waals surface area contributed by atoms with E-state index in [1.54, 1.807) is 12.1 Å². The van der Waals surface area contributed by atoms with Crippen LogP contribution in [0.3, 0.4) is 0 Å². The number of hydrogen-bond donors (Lipinski definition) is 0. The zero-order valence-electron chi connectivity index (χ0n) is 16.0. The minimum absolute atomic E-state index is 0.189. The molecular weight excluding hydrogens is 331 g/mol. The second-order valence-electron chi connectivity index (χ2n) is 7.95. The van der Waals surface area contributed by atoms with Crippen molar-refractivity contribution in [3.05, 3.63) is 35.6 Å². The first-order valence-corrected chi connectivity index (χ1v) is 9.89. The summed E-state index contributed by atoms with van der Waals surface area (Å²) in [5, 5.41) is 0. The van der Waals surface area contributed by atoms with E-state index >= 15 is 0 Å². The Morgan fingerprint density at radius 2 is 1.73 bits per heavy atom. The lowest BCUT2D eigenvalue weighted by atomic mass is 9.86. The van der Waals surface area contributed by atoms with Gasteiger partial charge in [0.2, 0.25) is 5.91 Å². The van der Waals surface area contributed by atoms with Gasteiger partial charge in [0.25, 0.3) is 0 Å². The third-order valence-corrected chi connectivity index (χ3v) is 5.71. The van der Waals surface area contributed by atoms with Gasteiger partial charge in [0.1, 0.15) is 5.82 Å². The molecule has 3 rings (SSSR count). The molecule has 5 heteroatoms. The number of morpholine rings is 1. The summed E-state index contributed by atoms with van der Waals surface area (Å²) in [6.07, 6.45) is 2.13. The number of carbonyl (C=O) groups excluding carboxylic acids is 1. The molecule has 1 aromatic carbocycles. The topological polar surface area (TPSA) is 32.8 Å². The van der Waals surface area contributed by atoms with Crippen LogP contribution in [-0.4, -0.2) is 61.6 Å². The summed E-state index contributed by atoms with van der Waals surface area (Å²) in [5.74, 6) is 0.606. The van der Waals surface area contributed by atoms with Crippen molar-refractivity contribution in [2.75, 3.05) is 45.9 Å². The number of piperidine rings is 1. The Balaban J connectivity index is 1.56. The summed E-state index contributed by atoms with van der Waals surface area (Å²) in [6, 6.07) is 6.41. The van der Waals surface area contributed by atoms with Gasteiger partial charge in [-0.1, -0.05) is 26.0 Å². The number of amides is 1. The Bertz CT molecular complexity index is 576. The lowest BCUT2D eigenvalue weighted by Crippen LogP contribution is -2.45. The minimum atomic E-state index is -0.257. The van der Waals surface area contributed by atoms with E-state index in [0.717, 1.165) is 64.3 Å². The fraction of sp³-hybridized carbons (Fsp3) is 0.667. The molecule has 1 unspecified atom stereocenters. The highest BCUT2D eigenvalue weighted by molar-refractivity contribution is 5.84. The molecule has 144 valence electrons. The maximum Gasteiger partial charge on any atom is 0.230 e. The SMILES string of the molecule is CC(C)C(C(=O)N1CCC(CN2CCOCC2)CC1)c1ccc(F)cc1. The average Bonchev–Trinajstić information content (AvgIpc) is 2.64. The molecular formula is C21H31FN2O2. The van der Waals surface area contributed by atoms with Gasteiger partial charge in [-0.2, -0.15) is 0 Å². The van der Waals surface area contributed by atoms with Crippen molar-refractivity contribution in [1.29, 1.82) is 0 Å². The molecule has 26 heavy (non-hydrogen) atoms. The second kappa shape index (κ2) is 8.96. The zero-order chi connectivity index (χ0) is 18.5. The Morgan fingerprint density at radius 1 is 1.12 bits per heavy atom. The Labute approximate surface area is 156 Å². The molecule has 2 saturated heterocycles. The molecule has 2 fully saturated rings. The third kappa shape index (κ3) is 4.83. The van der Waals surface area contributed by atoms with E-state index in [0.29, 0.717) is 5.92 Å². The van der Waals surface area contributed by atoms with Gasteiger partial charge in [-0.3, -0.25) is 9.69 Å². The predicted octanol–water partition coefficient (Wildman–Crippen LogP) is 3.14. The molecule has 0 saturated carbocycles. The van der Waals surface area contributed by atoms with Gasteiger partial charge >= 0.3 is 0 Å². The zero-order valence-corrected chi connectivity index (χ0v) is 16.0. The van der Waals surface area contributed by atoms with Gasteiger partial charge in [0.15, 0.2) is 0 Å². The maximum atomic E-state index is 13.2. The standard InChI is InChI=1S/C21H31FN2O2/c1-16(2)20(18-3-5-19(22)6-4-18)21(25)24-9-7-17(8-10-24)15-23-11-13-26-14-12-23/h3-6,16-17,20H,7-15H2,1-2H3. The Kier molecular flexibility index (Phi) is 6.65. The van der Waals surface area contributed by atoms with Crippen LogP contribution in [-0.2, 0) is 9.53 Å². The van der Waals surface area contributed by atoms with Crippen LogP contribution in [0.25, 0.3) is 0 Å². The van der Waals surface area contributed by atoms with Gasteiger partial charge in [-0.05, 0) is 42.4 Å². The maximum absolute atomic E-state index is 13.2. The molecule has 0 bridgehead atoms. The number of ether oxygens (including phenoxy) is 1. The van der Waals surface area contributed by atoms with Crippen molar-refractivity contribution >= 4 is 5.91 Å².